The Morgan fingerprint density at radius 3 is 2.41 bits per heavy atom. The van der Waals surface area contributed by atoms with Crippen LogP contribution in [0.5, 0.6) is 0 Å². The third kappa shape index (κ3) is 3.69. The first-order chi connectivity index (χ1) is 10.5. The van der Waals surface area contributed by atoms with E-state index in [1.165, 1.54) is 5.56 Å². The third-order valence-electron chi connectivity index (χ3n) is 3.50. The van der Waals surface area contributed by atoms with Crippen LogP contribution in [0.2, 0.25) is 5.02 Å². The van der Waals surface area contributed by atoms with Gasteiger partial charge in [-0.2, -0.15) is 0 Å². The van der Waals surface area contributed by atoms with Crippen LogP contribution < -0.4 is 5.32 Å². The number of hydrogen-bond donors (Lipinski definition) is 1. The molecule has 0 radical (unpaired) electrons. The van der Waals surface area contributed by atoms with Crippen molar-refractivity contribution in [2.24, 2.45) is 0 Å². The zero-order valence-corrected chi connectivity index (χ0v) is 13.6. The van der Waals surface area contributed by atoms with Crippen LogP contribution in [0.4, 0.5) is 0 Å². The fraction of sp³-hybridized carbons (Fsp3) is 0.100. The van der Waals surface area contributed by atoms with Crippen molar-refractivity contribution in [1.82, 2.24) is 5.32 Å². The number of allylic oxidation sites excluding steroid dienone is 1. The van der Waals surface area contributed by atoms with Crippen LogP contribution in [0.1, 0.15) is 29.2 Å². The highest BCUT2D eigenvalue weighted by Gasteiger charge is 2.10. The van der Waals surface area contributed by atoms with E-state index in [-0.39, 0.29) is 0 Å². The van der Waals surface area contributed by atoms with Crippen molar-refractivity contribution >= 4 is 28.9 Å². The van der Waals surface area contributed by atoms with E-state index in [0.717, 1.165) is 28.0 Å². The molecule has 0 amide bonds. The van der Waals surface area contributed by atoms with Crippen molar-refractivity contribution in [3.8, 4) is 0 Å². The number of hydrogen-bond acceptors (Lipinski definition) is 1. The van der Waals surface area contributed by atoms with Gasteiger partial charge in [-0.1, -0.05) is 79.4 Å². The molecule has 2 rings (SSSR count). The Labute approximate surface area is 137 Å². The van der Waals surface area contributed by atoms with Gasteiger partial charge < -0.3 is 5.32 Å². The van der Waals surface area contributed by atoms with Crippen molar-refractivity contribution in [3.05, 3.63) is 89.5 Å². The SMILES string of the molecule is C=Cc1ccc(CNC(=C)c2c(Cl)cccc2C(=C)C)cc1. The van der Waals surface area contributed by atoms with Crippen LogP contribution in [-0.2, 0) is 6.54 Å². The van der Waals surface area contributed by atoms with Gasteiger partial charge in [0.1, 0.15) is 0 Å². The molecule has 0 saturated carbocycles. The fourth-order valence-corrected chi connectivity index (χ4v) is 2.54. The minimum absolute atomic E-state index is 0.681. The third-order valence-corrected chi connectivity index (χ3v) is 3.81. The predicted molar refractivity (Wildman–Crippen MR) is 98.6 cm³/mol. The molecule has 0 aliphatic rings. The first-order valence-electron chi connectivity index (χ1n) is 7.12. The average Bonchev–Trinajstić information content (AvgIpc) is 2.52. The normalized spacial score (nSPS) is 10.1. The summed E-state index contributed by atoms with van der Waals surface area (Å²) in [5.41, 5.74) is 5.99. The Hall–Kier alpha value is -2.25. The van der Waals surface area contributed by atoms with Crippen LogP contribution in [0.3, 0.4) is 0 Å². The van der Waals surface area contributed by atoms with Gasteiger partial charge in [0.15, 0.2) is 0 Å². The highest BCUT2D eigenvalue weighted by Crippen LogP contribution is 2.29. The predicted octanol–water partition coefficient (Wildman–Crippen LogP) is 5.78. The van der Waals surface area contributed by atoms with Crippen LogP contribution >= 0.6 is 11.6 Å². The molecule has 0 unspecified atom stereocenters. The molecule has 0 aliphatic heterocycles. The summed E-state index contributed by atoms with van der Waals surface area (Å²) in [7, 11) is 0. The largest absolute Gasteiger partial charge is 0.381 e. The molecule has 0 aromatic heterocycles. The Balaban J connectivity index is 2.15. The van der Waals surface area contributed by atoms with E-state index in [0.29, 0.717) is 11.6 Å². The van der Waals surface area contributed by atoms with Gasteiger partial charge in [0.05, 0.1) is 5.02 Å². The molecular formula is C20H20ClN. The number of halogens is 1. The summed E-state index contributed by atoms with van der Waals surface area (Å²) in [4.78, 5) is 0. The summed E-state index contributed by atoms with van der Waals surface area (Å²) in [5.74, 6) is 0. The molecule has 2 aromatic carbocycles. The number of nitrogens with one attached hydrogen (secondary N) is 1. The van der Waals surface area contributed by atoms with E-state index in [4.69, 9.17) is 11.6 Å². The zero-order chi connectivity index (χ0) is 16.1. The molecule has 0 bridgehead atoms. The lowest BCUT2D eigenvalue weighted by Gasteiger charge is -2.16. The quantitative estimate of drug-likeness (QED) is 0.713. The molecule has 0 aliphatic carbocycles. The van der Waals surface area contributed by atoms with Crippen LogP contribution in [-0.4, -0.2) is 0 Å². The van der Waals surface area contributed by atoms with Gasteiger partial charge in [-0.25, -0.2) is 0 Å². The molecule has 2 aromatic rings. The standard InChI is InChI=1S/C20H20ClN/c1-5-16-9-11-17(12-10-16)13-22-15(4)20-18(14(2)3)7-6-8-19(20)21/h5-12,22H,1-2,4,13H2,3H3. The Kier molecular flexibility index (Phi) is 5.24. The molecule has 1 nitrogen and oxygen atoms in total. The highest BCUT2D eigenvalue weighted by atomic mass is 35.5. The second-order valence-corrected chi connectivity index (χ2v) is 5.63. The minimum Gasteiger partial charge on any atom is -0.381 e. The molecule has 0 fully saturated rings. The van der Waals surface area contributed by atoms with Crippen LogP contribution in [0, 0.1) is 0 Å². The number of benzene rings is 2. The van der Waals surface area contributed by atoms with Crippen molar-refractivity contribution in [3.63, 3.8) is 0 Å². The maximum Gasteiger partial charge on any atom is 0.0505 e. The summed E-state index contributed by atoms with van der Waals surface area (Å²) in [6.07, 6.45) is 1.83. The average molecular weight is 310 g/mol. The van der Waals surface area contributed by atoms with E-state index < -0.39 is 0 Å². The zero-order valence-electron chi connectivity index (χ0n) is 12.8. The smallest absolute Gasteiger partial charge is 0.0505 e. The molecule has 0 spiro atoms. The van der Waals surface area contributed by atoms with E-state index in [9.17, 15) is 0 Å². The molecule has 0 heterocycles. The van der Waals surface area contributed by atoms with Gasteiger partial charge in [0.2, 0.25) is 0 Å². The maximum absolute atomic E-state index is 6.34. The Morgan fingerprint density at radius 1 is 1.14 bits per heavy atom. The molecule has 0 saturated heterocycles. The highest BCUT2D eigenvalue weighted by molar-refractivity contribution is 6.32. The minimum atomic E-state index is 0.681. The Morgan fingerprint density at radius 2 is 1.82 bits per heavy atom. The van der Waals surface area contributed by atoms with Gasteiger partial charge in [-0.15, -0.1) is 0 Å². The van der Waals surface area contributed by atoms with Gasteiger partial charge >= 0.3 is 0 Å². The van der Waals surface area contributed by atoms with Crippen molar-refractivity contribution < 1.29 is 0 Å². The summed E-state index contributed by atoms with van der Waals surface area (Å²) in [6, 6.07) is 14.0. The molecular weight excluding hydrogens is 290 g/mol. The summed E-state index contributed by atoms with van der Waals surface area (Å²) >= 11 is 6.34. The first kappa shape index (κ1) is 16.1. The molecule has 112 valence electrons. The lowest BCUT2D eigenvalue weighted by molar-refractivity contribution is 0.891. The van der Waals surface area contributed by atoms with Gasteiger partial charge in [0.25, 0.3) is 0 Å². The van der Waals surface area contributed by atoms with Gasteiger partial charge in [-0.3, -0.25) is 0 Å². The van der Waals surface area contributed by atoms with Gasteiger partial charge in [-0.05, 0) is 29.7 Å². The van der Waals surface area contributed by atoms with E-state index >= 15 is 0 Å². The fourth-order valence-electron chi connectivity index (χ4n) is 2.26. The summed E-state index contributed by atoms with van der Waals surface area (Å²) in [5, 5.41) is 4.02. The monoisotopic (exact) mass is 309 g/mol. The topological polar surface area (TPSA) is 12.0 Å². The van der Waals surface area contributed by atoms with E-state index in [2.05, 4.69) is 37.2 Å². The summed E-state index contributed by atoms with van der Waals surface area (Å²) < 4.78 is 0. The molecule has 1 N–H and O–H groups in total. The number of rotatable bonds is 6. The molecule has 22 heavy (non-hydrogen) atoms. The maximum atomic E-state index is 6.34. The lowest BCUT2D eigenvalue weighted by Crippen LogP contribution is -2.12. The second-order valence-electron chi connectivity index (χ2n) is 5.22. The van der Waals surface area contributed by atoms with Crippen LogP contribution in [0.15, 0.2) is 62.2 Å². The molecule has 2 heteroatoms. The van der Waals surface area contributed by atoms with Gasteiger partial charge in [0, 0.05) is 17.8 Å². The van der Waals surface area contributed by atoms with Crippen molar-refractivity contribution in [2.45, 2.75) is 13.5 Å². The van der Waals surface area contributed by atoms with E-state index in [1.807, 2.05) is 43.3 Å². The molecule has 0 atom stereocenters. The van der Waals surface area contributed by atoms with E-state index in [1.54, 1.807) is 0 Å². The summed E-state index contributed by atoms with van der Waals surface area (Å²) in [6.45, 7) is 14.6. The van der Waals surface area contributed by atoms with Crippen LogP contribution in [0.25, 0.3) is 17.3 Å². The van der Waals surface area contributed by atoms with Crippen molar-refractivity contribution in [2.75, 3.05) is 0 Å². The first-order valence-corrected chi connectivity index (χ1v) is 7.49. The van der Waals surface area contributed by atoms with Crippen molar-refractivity contribution in [1.29, 1.82) is 0 Å². The lowest BCUT2D eigenvalue weighted by atomic mass is 9.99. The second kappa shape index (κ2) is 7.15. The Bertz CT molecular complexity index is 711.